The summed E-state index contributed by atoms with van der Waals surface area (Å²) in [7, 11) is 0. The van der Waals surface area contributed by atoms with Gasteiger partial charge in [0.15, 0.2) is 5.78 Å². The van der Waals surface area contributed by atoms with Crippen molar-refractivity contribution in [1.82, 2.24) is 14.8 Å². The average molecular weight is 546 g/mol. The second kappa shape index (κ2) is 12.3. The number of carbonyl (C=O) groups excluding carboxylic acids is 3. The van der Waals surface area contributed by atoms with Crippen LogP contribution in [0.3, 0.4) is 0 Å². The molecular formula is C27H33Cl2N5O3. The Bertz CT molecular complexity index is 1130. The van der Waals surface area contributed by atoms with Crippen LogP contribution in [0.15, 0.2) is 42.5 Å². The highest BCUT2D eigenvalue weighted by Crippen LogP contribution is 2.30. The lowest BCUT2D eigenvalue weighted by atomic mass is 9.99. The summed E-state index contributed by atoms with van der Waals surface area (Å²) < 4.78 is 0. The van der Waals surface area contributed by atoms with Crippen molar-refractivity contribution >= 4 is 40.8 Å². The van der Waals surface area contributed by atoms with Gasteiger partial charge in [-0.05, 0) is 49.8 Å². The molecule has 1 aromatic carbocycles. The van der Waals surface area contributed by atoms with Crippen LogP contribution in [-0.2, 0) is 27.2 Å². The van der Waals surface area contributed by atoms with Crippen molar-refractivity contribution in [1.29, 1.82) is 0 Å². The maximum Gasteiger partial charge on any atom is 0.240 e. The zero-order valence-electron chi connectivity index (χ0n) is 20.7. The minimum Gasteiger partial charge on any atom is -0.370 e. The maximum atomic E-state index is 13.8. The number of halogens is 2. The van der Waals surface area contributed by atoms with Crippen molar-refractivity contribution in [3.63, 3.8) is 0 Å². The molecule has 2 amide bonds. The van der Waals surface area contributed by atoms with Crippen molar-refractivity contribution < 1.29 is 14.4 Å². The van der Waals surface area contributed by atoms with Gasteiger partial charge in [-0.25, -0.2) is 4.98 Å². The highest BCUT2D eigenvalue weighted by Gasteiger charge is 2.45. The van der Waals surface area contributed by atoms with Crippen molar-refractivity contribution in [2.24, 2.45) is 11.5 Å². The minimum absolute atomic E-state index is 0.0953. The molecule has 2 fully saturated rings. The number of ketones is 1. The molecule has 4 N–H and O–H groups in total. The van der Waals surface area contributed by atoms with E-state index in [4.69, 9.17) is 34.7 Å². The molecule has 0 saturated carbocycles. The molecule has 0 spiro atoms. The fourth-order valence-corrected chi connectivity index (χ4v) is 5.77. The zero-order valence-corrected chi connectivity index (χ0v) is 22.2. The van der Waals surface area contributed by atoms with Gasteiger partial charge in [0.05, 0.1) is 23.5 Å². The minimum atomic E-state index is -0.917. The lowest BCUT2D eigenvalue weighted by Crippen LogP contribution is -2.51. The van der Waals surface area contributed by atoms with E-state index in [2.05, 4.69) is 22.0 Å². The number of primary amides is 1. The second-order valence-electron chi connectivity index (χ2n) is 9.93. The number of nitrogens with two attached hydrogens (primary N) is 2. The monoisotopic (exact) mass is 545 g/mol. The Morgan fingerprint density at radius 2 is 1.86 bits per heavy atom. The summed E-state index contributed by atoms with van der Waals surface area (Å²) in [6.45, 7) is 1.02. The van der Waals surface area contributed by atoms with Crippen LogP contribution in [0.2, 0.25) is 10.2 Å². The Hall–Kier alpha value is -2.52. The van der Waals surface area contributed by atoms with Crippen LogP contribution in [0.1, 0.15) is 43.4 Å². The van der Waals surface area contributed by atoms with Crippen molar-refractivity contribution in [3.8, 4) is 0 Å². The van der Waals surface area contributed by atoms with Crippen molar-refractivity contribution in [2.45, 2.75) is 69.1 Å². The average Bonchev–Trinajstić information content (AvgIpc) is 3.22. The van der Waals surface area contributed by atoms with Gasteiger partial charge in [0.25, 0.3) is 0 Å². The van der Waals surface area contributed by atoms with Crippen LogP contribution < -0.4 is 11.5 Å². The number of hydrogen-bond acceptors (Lipinski definition) is 6. The van der Waals surface area contributed by atoms with E-state index in [-0.39, 0.29) is 41.8 Å². The summed E-state index contributed by atoms with van der Waals surface area (Å²) in [4.78, 5) is 47.1. The number of aromatic nitrogens is 1. The van der Waals surface area contributed by atoms with E-state index < -0.39 is 18.0 Å². The van der Waals surface area contributed by atoms with Gasteiger partial charge in [-0.15, -0.1) is 0 Å². The smallest absolute Gasteiger partial charge is 0.240 e. The molecular weight excluding hydrogens is 513 g/mol. The van der Waals surface area contributed by atoms with Gasteiger partial charge < -0.3 is 16.4 Å². The molecule has 0 radical (unpaired) electrons. The van der Waals surface area contributed by atoms with E-state index in [0.717, 1.165) is 12.8 Å². The molecule has 8 nitrogen and oxygen atoms in total. The number of nitrogens with zero attached hydrogens (tertiary/aromatic N) is 3. The Morgan fingerprint density at radius 1 is 1.11 bits per heavy atom. The largest absolute Gasteiger partial charge is 0.370 e. The van der Waals surface area contributed by atoms with Crippen LogP contribution in [0.5, 0.6) is 0 Å². The number of amides is 2. The van der Waals surface area contributed by atoms with Crippen molar-refractivity contribution in [2.75, 3.05) is 13.1 Å². The first-order valence-corrected chi connectivity index (χ1v) is 13.5. The molecule has 2 aromatic rings. The van der Waals surface area contributed by atoms with E-state index >= 15 is 0 Å². The van der Waals surface area contributed by atoms with Crippen LogP contribution in [-0.4, -0.2) is 69.6 Å². The van der Waals surface area contributed by atoms with Crippen LogP contribution in [0.4, 0.5) is 0 Å². The molecule has 0 aliphatic carbocycles. The Balaban J connectivity index is 1.50. The number of rotatable bonds is 10. The molecule has 2 aliphatic rings. The summed E-state index contributed by atoms with van der Waals surface area (Å²) in [5, 5.41) is 0.502. The van der Waals surface area contributed by atoms with E-state index in [0.29, 0.717) is 43.1 Å². The summed E-state index contributed by atoms with van der Waals surface area (Å²) in [5.74, 6) is -0.998. The molecule has 2 saturated heterocycles. The fraction of sp³-hybridized carbons (Fsp3) is 0.481. The predicted octanol–water partition coefficient (Wildman–Crippen LogP) is 2.77. The predicted molar refractivity (Wildman–Crippen MR) is 143 cm³/mol. The fourth-order valence-electron chi connectivity index (χ4n) is 5.49. The summed E-state index contributed by atoms with van der Waals surface area (Å²) in [5.41, 5.74) is 13.7. The first-order valence-electron chi connectivity index (χ1n) is 12.7. The van der Waals surface area contributed by atoms with E-state index in [1.807, 2.05) is 18.2 Å². The molecule has 4 rings (SSSR count). The van der Waals surface area contributed by atoms with Crippen molar-refractivity contribution in [3.05, 3.63) is 63.9 Å². The second-order valence-corrected chi connectivity index (χ2v) is 10.7. The maximum absolute atomic E-state index is 13.8. The van der Waals surface area contributed by atoms with Gasteiger partial charge in [0.2, 0.25) is 11.8 Å². The quantitative estimate of drug-likeness (QED) is 0.442. The van der Waals surface area contributed by atoms with Gasteiger partial charge in [0.1, 0.15) is 5.15 Å². The molecule has 198 valence electrons. The molecule has 3 heterocycles. The van der Waals surface area contributed by atoms with Crippen LogP contribution >= 0.6 is 23.2 Å². The van der Waals surface area contributed by atoms with Crippen LogP contribution in [0.25, 0.3) is 0 Å². The first-order chi connectivity index (χ1) is 17.7. The number of benzene rings is 1. The molecule has 10 heteroatoms. The number of carbonyl (C=O) groups is 3. The number of aryl methyl sites for hydroxylation is 2. The van der Waals surface area contributed by atoms with Gasteiger partial charge >= 0.3 is 0 Å². The number of hydrogen-bond donors (Lipinski definition) is 2. The van der Waals surface area contributed by atoms with E-state index in [9.17, 15) is 14.4 Å². The van der Waals surface area contributed by atoms with Gasteiger partial charge in [-0.2, -0.15) is 0 Å². The van der Waals surface area contributed by atoms with Gasteiger partial charge in [-0.1, -0.05) is 53.5 Å². The first kappa shape index (κ1) is 27.5. The number of pyridine rings is 1. The summed E-state index contributed by atoms with van der Waals surface area (Å²) >= 11 is 11.9. The summed E-state index contributed by atoms with van der Waals surface area (Å²) in [6.07, 6.45) is 3.18. The summed E-state index contributed by atoms with van der Waals surface area (Å²) in [6, 6.07) is 12.3. The zero-order chi connectivity index (χ0) is 26.5. The molecule has 1 aromatic heterocycles. The van der Waals surface area contributed by atoms with E-state index in [1.54, 1.807) is 17.0 Å². The third kappa shape index (κ3) is 6.87. The SMILES string of the molecule is NC(=O)C[C@H](C(=O)CCc1ccc(Cl)c(Cl)n1)N1CCC(CCc2ccccc2)N2C[C@H](N)C[C@H]2C1=O. The van der Waals surface area contributed by atoms with Crippen LogP contribution in [0, 0.1) is 0 Å². The third-order valence-corrected chi connectivity index (χ3v) is 8.04. The molecule has 4 atom stereocenters. The third-order valence-electron chi connectivity index (χ3n) is 7.35. The molecule has 37 heavy (non-hydrogen) atoms. The number of Topliss-reactive ketones (excluding diaryl/α,β-unsaturated/α-hetero) is 1. The van der Waals surface area contributed by atoms with E-state index in [1.165, 1.54) is 5.56 Å². The standard InChI is InChI=1S/C27H33Cl2N5O3/c28-21-10-7-19(32-26(21)29)8-11-24(35)22(15-25(31)36)33-13-12-20(9-6-17-4-2-1-3-5-17)34-16-18(30)14-23(34)27(33)37/h1-5,7,10,18,20,22-23H,6,8-9,11-16,30H2,(H2,31,36)/t18-,20?,22-,23+/m1/s1. The highest BCUT2D eigenvalue weighted by molar-refractivity contribution is 6.41. The Morgan fingerprint density at radius 3 is 2.57 bits per heavy atom. The lowest BCUT2D eigenvalue weighted by Gasteiger charge is -2.32. The molecule has 2 aliphatic heterocycles. The topological polar surface area (TPSA) is 123 Å². The number of fused-ring (bicyclic) bond motifs is 1. The highest BCUT2D eigenvalue weighted by atomic mass is 35.5. The van der Waals surface area contributed by atoms with Gasteiger partial charge in [-0.3, -0.25) is 19.3 Å². The Labute approximate surface area is 227 Å². The molecule has 1 unspecified atom stereocenters. The molecule has 0 bridgehead atoms. The van der Waals surface area contributed by atoms with Gasteiger partial charge in [0, 0.05) is 37.3 Å². The normalized spacial score (nSPS) is 22.9. The lowest BCUT2D eigenvalue weighted by molar-refractivity contribution is -0.143. The Kier molecular flexibility index (Phi) is 9.18.